The molecule has 1 radical (unpaired) electrons. The number of rotatable bonds is 8. The summed E-state index contributed by atoms with van der Waals surface area (Å²) in [6, 6.07) is 37.2. The maximum atomic E-state index is 14.2. The van der Waals surface area contributed by atoms with Crippen molar-refractivity contribution in [3.8, 4) is 23.0 Å². The van der Waals surface area contributed by atoms with Gasteiger partial charge in [-0.15, -0.1) is 5.75 Å². The van der Waals surface area contributed by atoms with Crippen molar-refractivity contribution in [2.24, 2.45) is 0 Å². The molecule has 7 rings (SSSR count). The van der Waals surface area contributed by atoms with Gasteiger partial charge in [-0.25, -0.2) is 0 Å². The SMILES string of the molecule is C.C.CC.CC.CC.CCSC.[CH2-]Oc1c2cc(CCc3ccccc3)cc1Cc1cc(C)cc(c1O)Cc1cc(CCc3ccccc3)cc(c1[O-])Cc1cc(C)cc(c1O)C2.[Y]. The summed E-state index contributed by atoms with van der Waals surface area (Å²) < 4.78 is 5.89. The van der Waals surface area contributed by atoms with E-state index in [2.05, 4.69) is 68.8 Å². The predicted molar refractivity (Wildman–Crippen MR) is 274 cm³/mol. The summed E-state index contributed by atoms with van der Waals surface area (Å²) in [7, 11) is 3.86. The van der Waals surface area contributed by atoms with Crippen LogP contribution in [-0.4, -0.2) is 22.2 Å². The molecule has 64 heavy (non-hydrogen) atoms. The van der Waals surface area contributed by atoms with Gasteiger partial charge in [0.2, 0.25) is 0 Å². The molecule has 0 unspecified atom stereocenters. The summed E-state index contributed by atoms with van der Waals surface area (Å²) in [5.41, 5.74) is 12.9. The average Bonchev–Trinajstić information content (AvgIpc) is 3.29. The molecule has 0 amide bonds. The molecule has 0 aromatic heterocycles. The van der Waals surface area contributed by atoms with Crippen LogP contribution in [0.3, 0.4) is 0 Å². The van der Waals surface area contributed by atoms with E-state index >= 15 is 0 Å². The molecule has 0 fully saturated rings. The fourth-order valence-electron chi connectivity index (χ4n) is 7.75. The molecular weight excluding hydrogens is 882 g/mol. The largest absolute Gasteiger partial charge is 0.872 e. The summed E-state index contributed by atoms with van der Waals surface area (Å²) in [4.78, 5) is 0. The molecule has 8 bridgehead atoms. The van der Waals surface area contributed by atoms with Crippen LogP contribution < -0.4 is 9.84 Å². The van der Waals surface area contributed by atoms with Crippen molar-refractivity contribution >= 4 is 11.8 Å². The fourth-order valence-corrected chi connectivity index (χ4v) is 7.75. The van der Waals surface area contributed by atoms with Crippen molar-refractivity contribution in [2.75, 3.05) is 12.0 Å². The third kappa shape index (κ3) is 17.1. The Labute approximate surface area is 419 Å². The van der Waals surface area contributed by atoms with Crippen LogP contribution in [0.2, 0.25) is 0 Å². The first-order valence-electron chi connectivity index (χ1n) is 22.2. The molecule has 6 heteroatoms. The van der Waals surface area contributed by atoms with Gasteiger partial charge in [-0.3, -0.25) is 0 Å². The predicted octanol–water partition coefficient (Wildman–Crippen LogP) is 14.9. The van der Waals surface area contributed by atoms with Crippen LogP contribution in [0, 0.1) is 21.0 Å². The Hall–Kier alpha value is -4.03. The van der Waals surface area contributed by atoms with E-state index in [1.165, 1.54) is 16.9 Å². The van der Waals surface area contributed by atoms with Crippen LogP contribution in [0.5, 0.6) is 23.0 Å². The van der Waals surface area contributed by atoms with Crippen LogP contribution in [0.15, 0.2) is 109 Å². The standard InChI is InChI=1S/C47H45O4.C3H8S.3C2H6.2CH4.Y/c1-30-18-36-26-40-22-34(16-14-32-10-6-4-7-11-32)23-41(46(40)50)27-37-19-31(2)21-39(45(37)49)29-43-25-35(17-15-33-12-8-5-9-13-33)24-42(47(43)51-3)28-38(20-30)44(36)48;1-3-4-2;3*1-2;;;/h4-13,18-25,48-50H,3,14-17,26-29H2,1-2H3;3H2,1-2H3;3*1-2H3;2*1H4;/q-1;;;;;;;/p-1. The molecule has 4 nitrogen and oxygen atoms in total. The van der Waals surface area contributed by atoms with E-state index in [1.807, 2.05) is 128 Å². The zero-order valence-electron chi connectivity index (χ0n) is 39.2. The molecule has 0 saturated heterocycles. The summed E-state index contributed by atoms with van der Waals surface area (Å²) >= 11 is 1.86. The maximum absolute atomic E-state index is 14.2. The first kappa shape index (κ1) is 60.0. The minimum atomic E-state index is -0.0449. The van der Waals surface area contributed by atoms with Gasteiger partial charge in [0, 0.05) is 58.4 Å². The van der Waals surface area contributed by atoms with Gasteiger partial charge in [-0.2, -0.15) is 18.9 Å². The first-order chi connectivity index (χ1) is 29.6. The number of ether oxygens (including phenoxy) is 1. The van der Waals surface area contributed by atoms with E-state index in [0.29, 0.717) is 42.6 Å². The summed E-state index contributed by atoms with van der Waals surface area (Å²) in [5, 5.41) is 37.8. The molecule has 1 aliphatic rings. The molecule has 0 atom stereocenters. The molecule has 1 aliphatic carbocycles. The number of aromatic hydroxyl groups is 2. The van der Waals surface area contributed by atoms with Crippen LogP contribution in [0.1, 0.15) is 141 Å². The van der Waals surface area contributed by atoms with E-state index in [4.69, 9.17) is 4.74 Å². The van der Waals surface area contributed by atoms with E-state index in [1.54, 1.807) is 0 Å². The number of hydrogen-bond acceptors (Lipinski definition) is 5. The van der Waals surface area contributed by atoms with Crippen LogP contribution in [0.25, 0.3) is 0 Å². The number of fused-ring (bicyclic) bond motifs is 8. The quantitative estimate of drug-likeness (QED) is 0.149. The topological polar surface area (TPSA) is 72.8 Å². The molecule has 0 aliphatic heterocycles. The summed E-state index contributed by atoms with van der Waals surface area (Å²) in [6.45, 7) is 18.2. The van der Waals surface area contributed by atoms with E-state index in [-0.39, 0.29) is 64.8 Å². The first-order valence-corrected chi connectivity index (χ1v) is 23.6. The number of hydrogen-bond donors (Lipinski definition) is 2. The normalized spacial score (nSPS) is 10.7. The van der Waals surface area contributed by atoms with Gasteiger partial charge < -0.3 is 20.1 Å². The minimum absolute atomic E-state index is 0. The van der Waals surface area contributed by atoms with Crippen molar-refractivity contribution in [3.63, 3.8) is 0 Å². The number of phenolic OH excluding ortho intramolecular Hbond substituents is 2. The van der Waals surface area contributed by atoms with Gasteiger partial charge in [0.1, 0.15) is 11.5 Å². The monoisotopic (exact) mass is 959 g/mol. The van der Waals surface area contributed by atoms with Gasteiger partial charge in [0.15, 0.2) is 0 Å². The van der Waals surface area contributed by atoms with Crippen molar-refractivity contribution in [1.29, 1.82) is 0 Å². The minimum Gasteiger partial charge on any atom is -0.872 e. The van der Waals surface area contributed by atoms with Crippen molar-refractivity contribution < 1.29 is 52.8 Å². The van der Waals surface area contributed by atoms with Gasteiger partial charge in [0.25, 0.3) is 0 Å². The summed E-state index contributed by atoms with van der Waals surface area (Å²) in [5.74, 6) is 2.25. The van der Waals surface area contributed by atoms with Gasteiger partial charge in [-0.1, -0.05) is 195 Å². The zero-order chi connectivity index (χ0) is 44.9. The molecule has 0 saturated carbocycles. The van der Waals surface area contributed by atoms with Crippen molar-refractivity contribution in [1.82, 2.24) is 0 Å². The fraction of sp³-hybridized carbons (Fsp3) is 0.362. The second-order valence-corrected chi connectivity index (χ2v) is 15.9. The molecule has 6 aromatic carbocycles. The average molecular weight is 960 g/mol. The van der Waals surface area contributed by atoms with Crippen molar-refractivity contribution in [2.45, 2.75) is 129 Å². The smallest absolute Gasteiger partial charge is 0.122 e. The maximum Gasteiger partial charge on any atom is 0.122 e. The van der Waals surface area contributed by atoms with Crippen LogP contribution >= 0.6 is 11.8 Å². The van der Waals surface area contributed by atoms with Crippen LogP contribution in [-0.2, 0) is 84.1 Å². The number of aryl methyl sites for hydroxylation is 6. The van der Waals surface area contributed by atoms with Crippen LogP contribution in [0.4, 0.5) is 0 Å². The summed E-state index contributed by atoms with van der Waals surface area (Å²) in [6.07, 6.45) is 6.88. The van der Waals surface area contributed by atoms with E-state index in [0.717, 1.165) is 81.3 Å². The Kier molecular flexibility index (Phi) is 29.8. The van der Waals surface area contributed by atoms with E-state index < -0.39 is 0 Å². The third-order valence-corrected chi connectivity index (χ3v) is 11.1. The van der Waals surface area contributed by atoms with E-state index in [9.17, 15) is 15.3 Å². The Balaban J connectivity index is 0.00000282. The molecule has 345 valence electrons. The Bertz CT molecular complexity index is 2130. The molecule has 2 N–H and O–H groups in total. The Morgan fingerprint density at radius 2 is 0.797 bits per heavy atom. The van der Waals surface area contributed by atoms with Gasteiger partial charge >= 0.3 is 0 Å². The molecule has 0 heterocycles. The number of phenols is 2. The molecular formula is C58H78O4SY-2. The second-order valence-electron chi connectivity index (χ2n) is 14.7. The third-order valence-electron chi connectivity index (χ3n) is 10.5. The molecule has 0 spiro atoms. The number of thioether (sulfide) groups is 1. The van der Waals surface area contributed by atoms with Gasteiger partial charge in [0.05, 0.1) is 5.75 Å². The second kappa shape index (κ2) is 31.8. The number of benzene rings is 6. The Morgan fingerprint density at radius 3 is 1.09 bits per heavy atom. The van der Waals surface area contributed by atoms with Crippen molar-refractivity contribution in [3.05, 3.63) is 194 Å². The van der Waals surface area contributed by atoms with Gasteiger partial charge in [-0.05, 0) is 107 Å². The zero-order valence-corrected chi connectivity index (χ0v) is 42.8. The molecule has 6 aromatic rings. The Morgan fingerprint density at radius 1 is 0.516 bits per heavy atom.